The van der Waals surface area contributed by atoms with Crippen molar-refractivity contribution in [2.75, 3.05) is 6.54 Å². The third kappa shape index (κ3) is 5.81. The summed E-state index contributed by atoms with van der Waals surface area (Å²) in [4.78, 5) is 32.3. The molecular weight excluding hydrogens is 427 g/mol. The number of nitrogens with zero attached hydrogens (tertiary/aromatic N) is 2. The number of imide groups is 1. The molecule has 2 fully saturated rings. The topological polar surface area (TPSA) is 84.0 Å². The Morgan fingerprint density at radius 2 is 2.03 bits per heavy atom. The molecule has 32 heavy (non-hydrogen) atoms. The fourth-order valence-electron chi connectivity index (χ4n) is 4.29. The zero-order valence-electron chi connectivity index (χ0n) is 18.1. The summed E-state index contributed by atoms with van der Waals surface area (Å²) in [7, 11) is 0. The third-order valence-electron chi connectivity index (χ3n) is 6.07. The second-order valence-corrected chi connectivity index (χ2v) is 9.44. The molecule has 2 amide bonds. The van der Waals surface area contributed by atoms with Crippen LogP contribution < -0.4 is 10.6 Å². The summed E-state index contributed by atoms with van der Waals surface area (Å²) in [6.07, 6.45) is 9.20. The number of thioether (sulfide) groups is 1. The van der Waals surface area contributed by atoms with Gasteiger partial charge in [-0.15, -0.1) is 0 Å². The van der Waals surface area contributed by atoms with Crippen LogP contribution in [0.15, 0.2) is 35.4 Å². The van der Waals surface area contributed by atoms with Crippen LogP contribution in [0.2, 0.25) is 0 Å². The summed E-state index contributed by atoms with van der Waals surface area (Å²) >= 11 is 0.890. The maximum atomic E-state index is 14.1. The van der Waals surface area contributed by atoms with Gasteiger partial charge in [0.15, 0.2) is 0 Å². The third-order valence-corrected chi connectivity index (χ3v) is 6.88. The molecule has 1 aliphatic heterocycles. The van der Waals surface area contributed by atoms with Crippen molar-refractivity contribution < 1.29 is 14.0 Å². The quantitative estimate of drug-likeness (QED) is 0.611. The van der Waals surface area contributed by atoms with Crippen LogP contribution >= 0.6 is 11.8 Å². The molecule has 1 aliphatic carbocycles. The highest BCUT2D eigenvalue weighted by atomic mass is 32.2. The second-order valence-electron chi connectivity index (χ2n) is 8.42. The summed E-state index contributed by atoms with van der Waals surface area (Å²) in [5.41, 5.74) is 2.11. The predicted octanol–water partition coefficient (Wildman–Crippen LogP) is 4.18. The Balaban J connectivity index is 1.24. The van der Waals surface area contributed by atoms with Gasteiger partial charge in [-0.1, -0.05) is 18.2 Å². The van der Waals surface area contributed by atoms with Crippen LogP contribution in [-0.2, 0) is 17.6 Å². The Labute approximate surface area is 191 Å². The number of aromatic nitrogens is 2. The van der Waals surface area contributed by atoms with Crippen LogP contribution in [0.25, 0.3) is 6.08 Å². The van der Waals surface area contributed by atoms with Gasteiger partial charge < -0.3 is 5.32 Å². The molecule has 2 aliphatic rings. The molecule has 1 saturated carbocycles. The summed E-state index contributed by atoms with van der Waals surface area (Å²) < 4.78 is 14.1. The highest BCUT2D eigenvalue weighted by Gasteiger charge is 2.25. The molecule has 2 heterocycles. The van der Waals surface area contributed by atoms with E-state index < -0.39 is 0 Å². The molecule has 8 heteroatoms. The lowest BCUT2D eigenvalue weighted by atomic mass is 9.84. The fourth-order valence-corrected chi connectivity index (χ4v) is 4.96. The Morgan fingerprint density at radius 1 is 1.22 bits per heavy atom. The molecule has 1 saturated heterocycles. The smallest absolute Gasteiger partial charge is 0.290 e. The summed E-state index contributed by atoms with van der Waals surface area (Å²) in [6.45, 7) is 2.58. The Bertz CT molecular complexity index is 1030. The molecule has 0 spiro atoms. The Hall–Kier alpha value is -2.58. The molecule has 0 atom stereocenters. The first kappa shape index (κ1) is 22.6. The first-order chi connectivity index (χ1) is 15.5. The van der Waals surface area contributed by atoms with E-state index in [2.05, 4.69) is 20.6 Å². The molecule has 0 bridgehead atoms. The van der Waals surface area contributed by atoms with Crippen molar-refractivity contribution in [3.63, 3.8) is 0 Å². The summed E-state index contributed by atoms with van der Waals surface area (Å²) in [6, 6.07) is 7.78. The van der Waals surface area contributed by atoms with Crippen LogP contribution in [-0.4, -0.2) is 33.7 Å². The number of hydrogen-bond donors (Lipinski definition) is 2. The highest BCUT2D eigenvalue weighted by Crippen LogP contribution is 2.28. The number of nitrogens with one attached hydrogen (secondary N) is 2. The number of hydrogen-bond acceptors (Lipinski definition) is 6. The van der Waals surface area contributed by atoms with E-state index in [1.807, 2.05) is 12.1 Å². The minimum Gasteiger partial charge on any atom is -0.314 e. The maximum absolute atomic E-state index is 14.1. The first-order valence-corrected chi connectivity index (χ1v) is 11.8. The lowest BCUT2D eigenvalue weighted by Gasteiger charge is -2.29. The molecule has 6 nitrogen and oxygen atoms in total. The fraction of sp³-hybridized carbons (Fsp3) is 0.417. The van der Waals surface area contributed by atoms with E-state index in [-0.39, 0.29) is 17.0 Å². The largest absolute Gasteiger partial charge is 0.314 e. The van der Waals surface area contributed by atoms with E-state index in [0.29, 0.717) is 34.5 Å². The normalized spacial score (nSPS) is 22.4. The minimum atomic E-state index is -0.379. The number of benzene rings is 1. The molecule has 2 N–H and O–H groups in total. The lowest BCUT2D eigenvalue weighted by Crippen LogP contribution is -2.35. The zero-order chi connectivity index (χ0) is 22.5. The van der Waals surface area contributed by atoms with E-state index in [1.165, 1.54) is 0 Å². The molecule has 168 valence electrons. The number of aryl methyl sites for hydroxylation is 1. The van der Waals surface area contributed by atoms with Crippen molar-refractivity contribution in [3.8, 4) is 0 Å². The van der Waals surface area contributed by atoms with Gasteiger partial charge >= 0.3 is 0 Å². The number of amides is 2. The Morgan fingerprint density at radius 3 is 2.78 bits per heavy atom. The van der Waals surface area contributed by atoms with Crippen LogP contribution in [0.3, 0.4) is 0 Å². The number of carbonyl (C=O) groups excluding carboxylic acids is 2. The Kier molecular flexibility index (Phi) is 7.32. The van der Waals surface area contributed by atoms with Gasteiger partial charge in [-0.2, -0.15) is 0 Å². The molecule has 0 radical (unpaired) electrons. The van der Waals surface area contributed by atoms with Crippen molar-refractivity contribution >= 4 is 29.0 Å². The van der Waals surface area contributed by atoms with Crippen molar-refractivity contribution in [1.82, 2.24) is 20.6 Å². The zero-order valence-corrected chi connectivity index (χ0v) is 18.9. The van der Waals surface area contributed by atoms with E-state index in [9.17, 15) is 14.0 Å². The van der Waals surface area contributed by atoms with Gasteiger partial charge in [0.25, 0.3) is 11.1 Å². The number of halogens is 1. The summed E-state index contributed by atoms with van der Waals surface area (Å²) in [5.74, 6) is 0.821. The average molecular weight is 455 g/mol. The molecule has 0 unspecified atom stereocenters. The second kappa shape index (κ2) is 10.4. The average Bonchev–Trinajstić information content (AvgIpc) is 3.09. The lowest BCUT2D eigenvalue weighted by molar-refractivity contribution is -0.115. The van der Waals surface area contributed by atoms with Gasteiger partial charge in [0.2, 0.25) is 0 Å². The van der Waals surface area contributed by atoms with E-state index >= 15 is 0 Å². The SMILES string of the molecule is Cc1cccc(CCNC2CCC(Cc3nccc(/C=C4\SC(=O)NC4=O)n3)CC2)c1F. The highest BCUT2D eigenvalue weighted by molar-refractivity contribution is 8.18. The van der Waals surface area contributed by atoms with Gasteiger partial charge in [-0.05, 0) is 86.5 Å². The van der Waals surface area contributed by atoms with Crippen molar-refractivity contribution in [2.24, 2.45) is 5.92 Å². The monoisotopic (exact) mass is 454 g/mol. The van der Waals surface area contributed by atoms with Crippen LogP contribution in [0.5, 0.6) is 0 Å². The molecule has 2 aromatic rings. The minimum absolute atomic E-state index is 0.0883. The van der Waals surface area contributed by atoms with Gasteiger partial charge in [0.1, 0.15) is 11.6 Å². The van der Waals surface area contributed by atoms with E-state index in [0.717, 1.165) is 61.8 Å². The summed E-state index contributed by atoms with van der Waals surface area (Å²) in [5, 5.41) is 5.48. The van der Waals surface area contributed by atoms with Crippen molar-refractivity contribution in [3.05, 3.63) is 63.8 Å². The van der Waals surface area contributed by atoms with Gasteiger partial charge in [0, 0.05) is 18.7 Å². The van der Waals surface area contributed by atoms with Crippen molar-refractivity contribution in [2.45, 2.75) is 51.5 Å². The molecule has 1 aromatic heterocycles. The standard InChI is InChI=1S/C24H27FN4O2S/c1-15-3-2-4-17(22(15)25)9-11-26-18-7-5-16(6-8-18)13-21-27-12-10-19(28-21)14-20-23(30)29-24(31)32-20/h2-4,10,12,14,16,18,26H,5-9,11,13H2,1H3,(H,29,30,31)/b20-14-. The molecular formula is C24H27FN4O2S. The van der Waals surface area contributed by atoms with Crippen LogP contribution in [0.1, 0.15) is 48.3 Å². The van der Waals surface area contributed by atoms with Crippen LogP contribution in [0.4, 0.5) is 9.18 Å². The van der Waals surface area contributed by atoms with Gasteiger partial charge in [0.05, 0.1) is 10.6 Å². The molecule has 1 aromatic carbocycles. The van der Waals surface area contributed by atoms with Crippen LogP contribution in [0, 0.1) is 18.7 Å². The number of carbonyl (C=O) groups is 2. The maximum Gasteiger partial charge on any atom is 0.290 e. The number of rotatable bonds is 7. The predicted molar refractivity (Wildman–Crippen MR) is 123 cm³/mol. The van der Waals surface area contributed by atoms with Gasteiger partial charge in [-0.25, -0.2) is 14.4 Å². The van der Waals surface area contributed by atoms with Crippen molar-refractivity contribution in [1.29, 1.82) is 0 Å². The van der Waals surface area contributed by atoms with E-state index in [4.69, 9.17) is 0 Å². The van der Waals surface area contributed by atoms with E-state index in [1.54, 1.807) is 31.3 Å². The van der Waals surface area contributed by atoms with Gasteiger partial charge in [-0.3, -0.25) is 14.9 Å². The molecule has 4 rings (SSSR count). The first-order valence-electron chi connectivity index (χ1n) is 11.0.